The highest BCUT2D eigenvalue weighted by atomic mass is 19.4. The molecular formula is C30H43F4N5O2. The summed E-state index contributed by atoms with van der Waals surface area (Å²) in [5, 5.41) is 19.9. The molecule has 0 saturated heterocycles. The Hall–Kier alpha value is -2.66. The summed E-state index contributed by atoms with van der Waals surface area (Å²) < 4.78 is 57.1. The van der Waals surface area contributed by atoms with Crippen LogP contribution in [0, 0.1) is 23.1 Å². The number of hydrogen-bond acceptors (Lipinski definition) is 7. The number of hydrogen-bond donors (Lipinski definition) is 4. The lowest BCUT2D eigenvalue weighted by Crippen LogP contribution is -2.48. The van der Waals surface area contributed by atoms with Gasteiger partial charge in [-0.1, -0.05) is 39.0 Å². The van der Waals surface area contributed by atoms with Gasteiger partial charge in [0.15, 0.2) is 11.6 Å². The van der Waals surface area contributed by atoms with Crippen LogP contribution in [0.2, 0.25) is 0 Å². The maximum atomic E-state index is 14.7. The number of aliphatic hydroxyl groups is 1. The average molecular weight is 582 g/mol. The van der Waals surface area contributed by atoms with Gasteiger partial charge in [0.1, 0.15) is 5.75 Å². The van der Waals surface area contributed by atoms with E-state index in [1.165, 1.54) is 18.2 Å². The van der Waals surface area contributed by atoms with E-state index in [9.17, 15) is 22.7 Å². The zero-order valence-electron chi connectivity index (χ0n) is 24.1. The smallest absolute Gasteiger partial charge is 0.405 e. The first-order valence-electron chi connectivity index (χ1n) is 14.7. The number of anilines is 2. The van der Waals surface area contributed by atoms with Crippen molar-refractivity contribution >= 4 is 11.8 Å². The zero-order valence-corrected chi connectivity index (χ0v) is 24.1. The van der Waals surface area contributed by atoms with Gasteiger partial charge in [0.2, 0.25) is 5.95 Å². The van der Waals surface area contributed by atoms with Crippen LogP contribution in [0.25, 0.3) is 0 Å². The molecule has 2 aliphatic carbocycles. The van der Waals surface area contributed by atoms with E-state index in [0.717, 1.165) is 57.6 Å². The average Bonchev–Trinajstić information content (AvgIpc) is 2.91. The van der Waals surface area contributed by atoms with Crippen LogP contribution in [-0.4, -0.2) is 46.2 Å². The van der Waals surface area contributed by atoms with Crippen LogP contribution in [0.15, 0.2) is 30.5 Å². The van der Waals surface area contributed by atoms with Crippen molar-refractivity contribution in [1.29, 1.82) is 0 Å². The number of nitrogens with zero attached hydrogens (tertiary/aromatic N) is 2. The maximum Gasteiger partial charge on any atom is 0.573 e. The lowest BCUT2D eigenvalue weighted by molar-refractivity contribution is -0.274. The topological polar surface area (TPSA) is 91.3 Å². The second kappa shape index (κ2) is 13.5. The van der Waals surface area contributed by atoms with Gasteiger partial charge in [0, 0.05) is 30.7 Å². The molecule has 0 aliphatic heterocycles. The lowest BCUT2D eigenvalue weighted by Gasteiger charge is -2.45. The number of aliphatic hydroxyl groups excluding tert-OH is 1. The van der Waals surface area contributed by atoms with Gasteiger partial charge < -0.3 is 25.8 Å². The van der Waals surface area contributed by atoms with Gasteiger partial charge in [0.25, 0.3) is 0 Å². The van der Waals surface area contributed by atoms with Crippen LogP contribution in [0.1, 0.15) is 77.7 Å². The van der Waals surface area contributed by atoms with Gasteiger partial charge >= 0.3 is 6.36 Å². The monoisotopic (exact) mass is 581 g/mol. The SMILES string of the molecule is CC[C@H](NC1CCC(O)CC1)[C@@H]1CC(C)C[C@@](C)(CNc2nc(NCc3ccccc3OC(F)(F)F)ncc2F)C1. The van der Waals surface area contributed by atoms with E-state index in [1.807, 2.05) is 0 Å². The minimum Gasteiger partial charge on any atom is -0.405 e. The second-order valence-corrected chi connectivity index (χ2v) is 12.3. The molecule has 7 nitrogen and oxygen atoms in total. The normalized spacial score (nSPS) is 27.7. The highest BCUT2D eigenvalue weighted by molar-refractivity contribution is 5.43. The molecule has 0 radical (unpaired) electrons. The number of rotatable bonds is 11. The van der Waals surface area contributed by atoms with Gasteiger partial charge in [-0.15, -0.1) is 13.2 Å². The summed E-state index contributed by atoms with van der Waals surface area (Å²) in [4.78, 5) is 8.24. The molecular weight excluding hydrogens is 538 g/mol. The Balaban J connectivity index is 1.37. The first kappa shape index (κ1) is 31.3. The molecule has 11 heteroatoms. The van der Waals surface area contributed by atoms with Crippen LogP contribution >= 0.6 is 0 Å². The first-order valence-corrected chi connectivity index (χ1v) is 14.7. The molecule has 41 heavy (non-hydrogen) atoms. The second-order valence-electron chi connectivity index (χ2n) is 12.3. The predicted molar refractivity (Wildman–Crippen MR) is 151 cm³/mol. The molecule has 1 aromatic carbocycles. The predicted octanol–water partition coefficient (Wildman–Crippen LogP) is 6.65. The number of nitrogens with one attached hydrogen (secondary N) is 3. The van der Waals surface area contributed by atoms with E-state index in [0.29, 0.717) is 30.5 Å². The number of halogens is 4. The van der Waals surface area contributed by atoms with Crippen molar-refractivity contribution in [3.63, 3.8) is 0 Å². The van der Waals surface area contributed by atoms with Crippen LogP contribution in [0.3, 0.4) is 0 Å². The van der Waals surface area contributed by atoms with E-state index in [1.54, 1.807) is 6.07 Å². The molecule has 4 atom stereocenters. The fourth-order valence-corrected chi connectivity index (χ4v) is 6.75. The largest absolute Gasteiger partial charge is 0.573 e. The van der Waals surface area contributed by atoms with Crippen molar-refractivity contribution in [2.45, 2.75) is 103 Å². The molecule has 1 unspecified atom stereocenters. The molecule has 2 aliphatic rings. The number of aromatic nitrogens is 2. The Labute approximate surface area is 239 Å². The molecule has 4 N–H and O–H groups in total. The van der Waals surface area contributed by atoms with E-state index in [4.69, 9.17) is 0 Å². The Morgan fingerprint density at radius 2 is 1.85 bits per heavy atom. The molecule has 2 aromatic rings. The summed E-state index contributed by atoms with van der Waals surface area (Å²) in [5.74, 6) is 0.272. The molecule has 0 amide bonds. The molecule has 228 valence electrons. The molecule has 4 rings (SSSR count). The summed E-state index contributed by atoms with van der Waals surface area (Å²) in [6.07, 6.45) is 3.98. The van der Waals surface area contributed by atoms with E-state index < -0.39 is 12.2 Å². The molecule has 0 spiro atoms. The van der Waals surface area contributed by atoms with E-state index >= 15 is 0 Å². The van der Waals surface area contributed by atoms with Crippen molar-refractivity contribution < 1.29 is 27.4 Å². The molecule has 0 bridgehead atoms. The summed E-state index contributed by atoms with van der Waals surface area (Å²) in [7, 11) is 0. The third-order valence-electron chi connectivity index (χ3n) is 8.52. The number of alkyl halides is 3. The Kier molecular flexibility index (Phi) is 10.3. The molecule has 2 fully saturated rings. The van der Waals surface area contributed by atoms with Crippen LogP contribution in [-0.2, 0) is 6.54 Å². The Bertz CT molecular complexity index is 1130. The number of benzene rings is 1. The van der Waals surface area contributed by atoms with Crippen LogP contribution in [0.5, 0.6) is 5.75 Å². The van der Waals surface area contributed by atoms with Crippen LogP contribution in [0.4, 0.5) is 29.3 Å². The molecule has 1 aromatic heterocycles. The Morgan fingerprint density at radius 1 is 1.12 bits per heavy atom. The quantitative estimate of drug-likeness (QED) is 0.221. The van der Waals surface area contributed by atoms with Gasteiger partial charge in [-0.2, -0.15) is 4.98 Å². The van der Waals surface area contributed by atoms with E-state index in [2.05, 4.69) is 51.4 Å². The van der Waals surface area contributed by atoms with Crippen molar-refractivity contribution in [2.24, 2.45) is 17.3 Å². The van der Waals surface area contributed by atoms with Gasteiger partial charge in [0.05, 0.1) is 12.3 Å². The first-order chi connectivity index (χ1) is 19.4. The highest BCUT2D eigenvalue weighted by Crippen LogP contribution is 2.44. The zero-order chi connectivity index (χ0) is 29.6. The Morgan fingerprint density at radius 3 is 2.56 bits per heavy atom. The summed E-state index contributed by atoms with van der Waals surface area (Å²) in [5.41, 5.74) is 0.199. The highest BCUT2D eigenvalue weighted by Gasteiger charge is 2.39. The molecule has 2 saturated carbocycles. The van der Waals surface area contributed by atoms with Gasteiger partial charge in [-0.3, -0.25) is 0 Å². The van der Waals surface area contributed by atoms with Crippen molar-refractivity contribution in [2.75, 3.05) is 17.2 Å². The third-order valence-corrected chi connectivity index (χ3v) is 8.52. The minimum absolute atomic E-state index is 0.0282. The van der Waals surface area contributed by atoms with Crippen LogP contribution < -0.4 is 20.7 Å². The van der Waals surface area contributed by atoms with Gasteiger partial charge in [-0.25, -0.2) is 9.37 Å². The van der Waals surface area contributed by atoms with Crippen molar-refractivity contribution in [3.8, 4) is 5.75 Å². The van der Waals surface area contributed by atoms with E-state index in [-0.39, 0.29) is 41.1 Å². The third kappa shape index (κ3) is 9.16. The van der Waals surface area contributed by atoms with Crippen molar-refractivity contribution in [1.82, 2.24) is 15.3 Å². The maximum absolute atomic E-state index is 14.7. The fourth-order valence-electron chi connectivity index (χ4n) is 6.75. The summed E-state index contributed by atoms with van der Waals surface area (Å²) in [6.45, 7) is 7.25. The van der Waals surface area contributed by atoms with Crippen molar-refractivity contribution in [3.05, 3.63) is 41.8 Å². The standard InChI is InChI=1S/C30H43F4N5O2/c1-4-25(38-22-9-11-23(40)12-10-22)21-13-19(2)14-29(3,15-21)18-37-27-24(31)17-36-28(39-27)35-16-20-7-5-6-8-26(20)41-30(32,33)34/h5-8,17,19,21-23,25,38,40H,4,9-16,18H2,1-3H3,(H2,35,36,37,39)/t19?,21-,22?,23?,25+,29-/m1/s1. The summed E-state index contributed by atoms with van der Waals surface area (Å²) in [6, 6.07) is 6.65. The summed E-state index contributed by atoms with van der Waals surface area (Å²) >= 11 is 0. The number of para-hydroxylation sites is 1. The minimum atomic E-state index is -4.81. The molecule has 1 heterocycles. The fraction of sp³-hybridized carbons (Fsp3) is 0.667. The number of ether oxygens (including phenoxy) is 1. The lowest BCUT2D eigenvalue weighted by atomic mass is 9.64. The van der Waals surface area contributed by atoms with Gasteiger partial charge in [-0.05, 0) is 74.7 Å².